The van der Waals surface area contributed by atoms with Gasteiger partial charge in [-0.25, -0.2) is 0 Å². The smallest absolute Gasteiger partial charge is 0.258 e. The fourth-order valence-electron chi connectivity index (χ4n) is 2.71. The lowest BCUT2D eigenvalue weighted by molar-refractivity contribution is -0.124. The predicted octanol–water partition coefficient (Wildman–Crippen LogP) is 3.16. The summed E-state index contributed by atoms with van der Waals surface area (Å²) in [7, 11) is 0. The molecule has 0 bridgehead atoms. The maximum Gasteiger partial charge on any atom is 0.258 e. The van der Waals surface area contributed by atoms with Crippen LogP contribution in [-0.4, -0.2) is 33.5 Å². The largest absolute Gasteiger partial charge is 0.484 e. The Morgan fingerprint density at radius 2 is 1.63 bits per heavy atom. The summed E-state index contributed by atoms with van der Waals surface area (Å²) < 4.78 is 5.62. The van der Waals surface area contributed by atoms with Crippen molar-refractivity contribution < 1.29 is 9.53 Å². The Kier molecular flexibility index (Phi) is 6.20. The van der Waals surface area contributed by atoms with E-state index in [4.69, 9.17) is 4.74 Å². The first kappa shape index (κ1) is 18.6. The van der Waals surface area contributed by atoms with Crippen LogP contribution >= 0.6 is 0 Å². The third kappa shape index (κ3) is 5.41. The van der Waals surface area contributed by atoms with E-state index in [1.165, 1.54) is 0 Å². The van der Waals surface area contributed by atoms with Crippen molar-refractivity contribution in [2.24, 2.45) is 5.92 Å². The van der Waals surface area contributed by atoms with Gasteiger partial charge in [0.15, 0.2) is 6.61 Å². The number of nitrogens with one attached hydrogen (secondary N) is 1. The van der Waals surface area contributed by atoms with E-state index in [-0.39, 0.29) is 24.5 Å². The van der Waals surface area contributed by atoms with Gasteiger partial charge in [-0.1, -0.05) is 56.3 Å². The fourth-order valence-corrected chi connectivity index (χ4v) is 2.71. The Bertz CT molecular complexity index is 830. The number of ether oxygens (including phenoxy) is 1. The van der Waals surface area contributed by atoms with E-state index in [1.54, 1.807) is 17.2 Å². The topological polar surface area (TPSA) is 69.0 Å². The predicted molar refractivity (Wildman–Crippen MR) is 104 cm³/mol. The van der Waals surface area contributed by atoms with Crippen LogP contribution in [0.2, 0.25) is 0 Å². The number of benzene rings is 2. The van der Waals surface area contributed by atoms with E-state index in [2.05, 4.69) is 41.5 Å². The molecule has 0 saturated carbocycles. The van der Waals surface area contributed by atoms with Crippen LogP contribution in [-0.2, 0) is 11.3 Å². The molecule has 0 aliphatic heterocycles. The van der Waals surface area contributed by atoms with Crippen molar-refractivity contribution in [3.63, 3.8) is 0 Å². The van der Waals surface area contributed by atoms with Gasteiger partial charge in [-0.3, -0.25) is 4.79 Å². The first-order chi connectivity index (χ1) is 13.1. The van der Waals surface area contributed by atoms with Crippen molar-refractivity contribution in [1.29, 1.82) is 0 Å². The number of hydrogen-bond donors (Lipinski definition) is 1. The lowest BCUT2D eigenvalue weighted by Crippen LogP contribution is -2.44. The number of nitrogens with zero attached hydrogens (tertiary/aromatic N) is 3. The zero-order valence-corrected chi connectivity index (χ0v) is 15.6. The molecule has 27 heavy (non-hydrogen) atoms. The third-order valence-corrected chi connectivity index (χ3v) is 4.31. The second-order valence-electron chi connectivity index (χ2n) is 6.68. The monoisotopic (exact) mass is 364 g/mol. The van der Waals surface area contributed by atoms with Gasteiger partial charge in [-0.2, -0.15) is 15.0 Å². The van der Waals surface area contributed by atoms with E-state index >= 15 is 0 Å². The summed E-state index contributed by atoms with van der Waals surface area (Å²) in [4.78, 5) is 13.8. The van der Waals surface area contributed by atoms with Gasteiger partial charge in [0.05, 0.1) is 25.0 Å². The summed E-state index contributed by atoms with van der Waals surface area (Å²) >= 11 is 0. The van der Waals surface area contributed by atoms with E-state index in [9.17, 15) is 4.79 Å². The van der Waals surface area contributed by atoms with E-state index in [1.807, 2.05) is 42.5 Å². The molecule has 0 radical (unpaired) electrons. The van der Waals surface area contributed by atoms with Crippen LogP contribution in [0.5, 0.6) is 5.75 Å². The molecule has 0 spiro atoms. The molecule has 1 amide bonds. The Morgan fingerprint density at radius 3 is 2.26 bits per heavy atom. The van der Waals surface area contributed by atoms with E-state index in [0.717, 1.165) is 11.1 Å². The van der Waals surface area contributed by atoms with Crippen LogP contribution in [0.15, 0.2) is 67.0 Å². The first-order valence-electron chi connectivity index (χ1n) is 9.03. The molecule has 1 aromatic heterocycles. The van der Waals surface area contributed by atoms with Crippen molar-refractivity contribution >= 4 is 5.91 Å². The molecule has 0 saturated heterocycles. The standard InChI is InChI=1S/C21H24N4O2/c1-16(2)20(14-25-22-12-13-23-25)24-21(26)15-27-19-10-8-18(9-11-19)17-6-4-3-5-7-17/h3-13,16,20H,14-15H2,1-2H3,(H,24,26). The number of carbonyl (C=O) groups is 1. The number of carbonyl (C=O) groups excluding carboxylic acids is 1. The third-order valence-electron chi connectivity index (χ3n) is 4.31. The maximum absolute atomic E-state index is 12.3. The van der Waals surface area contributed by atoms with Crippen LogP contribution in [0.25, 0.3) is 11.1 Å². The first-order valence-corrected chi connectivity index (χ1v) is 9.03. The zero-order chi connectivity index (χ0) is 19.1. The SMILES string of the molecule is CC(C)C(Cn1nccn1)NC(=O)COc1ccc(-c2ccccc2)cc1. The Hall–Kier alpha value is -3.15. The van der Waals surface area contributed by atoms with Gasteiger partial charge in [0.1, 0.15) is 5.75 Å². The van der Waals surface area contributed by atoms with Gasteiger partial charge in [-0.15, -0.1) is 0 Å². The molecule has 0 aliphatic rings. The molecule has 1 heterocycles. The normalized spacial score (nSPS) is 12.0. The van der Waals surface area contributed by atoms with Crippen molar-refractivity contribution in [3.05, 3.63) is 67.0 Å². The average molecular weight is 364 g/mol. The fraction of sp³-hybridized carbons (Fsp3) is 0.286. The summed E-state index contributed by atoms with van der Waals surface area (Å²) in [5, 5.41) is 11.2. The zero-order valence-electron chi connectivity index (χ0n) is 15.6. The summed E-state index contributed by atoms with van der Waals surface area (Å²) in [6, 6.07) is 17.8. The Morgan fingerprint density at radius 1 is 1.00 bits per heavy atom. The van der Waals surface area contributed by atoms with Gasteiger partial charge in [0, 0.05) is 0 Å². The molecule has 3 aromatic rings. The van der Waals surface area contributed by atoms with Crippen LogP contribution in [0.3, 0.4) is 0 Å². The van der Waals surface area contributed by atoms with Crippen molar-refractivity contribution in [1.82, 2.24) is 20.3 Å². The summed E-state index contributed by atoms with van der Waals surface area (Å²) in [6.07, 6.45) is 3.25. The second-order valence-corrected chi connectivity index (χ2v) is 6.68. The van der Waals surface area contributed by atoms with Crippen LogP contribution in [0, 0.1) is 5.92 Å². The molecule has 6 heteroatoms. The average Bonchev–Trinajstić information content (AvgIpc) is 3.20. The summed E-state index contributed by atoms with van der Waals surface area (Å²) in [5.41, 5.74) is 2.26. The van der Waals surface area contributed by atoms with Crippen molar-refractivity contribution in [2.75, 3.05) is 6.61 Å². The van der Waals surface area contributed by atoms with Crippen LogP contribution in [0.1, 0.15) is 13.8 Å². The van der Waals surface area contributed by atoms with Gasteiger partial charge in [-0.05, 0) is 29.2 Å². The van der Waals surface area contributed by atoms with Gasteiger partial charge < -0.3 is 10.1 Å². The molecule has 1 N–H and O–H groups in total. The molecule has 0 fully saturated rings. The number of aromatic nitrogens is 3. The minimum Gasteiger partial charge on any atom is -0.484 e. The van der Waals surface area contributed by atoms with Gasteiger partial charge in [0.2, 0.25) is 0 Å². The van der Waals surface area contributed by atoms with Crippen LogP contribution < -0.4 is 10.1 Å². The summed E-state index contributed by atoms with van der Waals surface area (Å²) in [5.74, 6) is 0.762. The van der Waals surface area contributed by atoms with E-state index < -0.39 is 0 Å². The maximum atomic E-state index is 12.3. The van der Waals surface area contributed by atoms with Crippen LogP contribution in [0.4, 0.5) is 0 Å². The molecule has 6 nitrogen and oxygen atoms in total. The molecule has 2 aromatic carbocycles. The highest BCUT2D eigenvalue weighted by molar-refractivity contribution is 5.77. The molecule has 1 atom stereocenters. The molecular formula is C21H24N4O2. The highest BCUT2D eigenvalue weighted by atomic mass is 16.5. The van der Waals surface area contributed by atoms with Gasteiger partial charge in [0.25, 0.3) is 5.91 Å². The number of hydrogen-bond acceptors (Lipinski definition) is 4. The molecule has 0 aliphatic carbocycles. The highest BCUT2D eigenvalue weighted by Crippen LogP contribution is 2.22. The van der Waals surface area contributed by atoms with Gasteiger partial charge >= 0.3 is 0 Å². The van der Waals surface area contributed by atoms with E-state index in [0.29, 0.717) is 12.3 Å². The quantitative estimate of drug-likeness (QED) is 0.667. The lowest BCUT2D eigenvalue weighted by atomic mass is 10.0. The molecule has 140 valence electrons. The Balaban J connectivity index is 1.52. The minimum absolute atomic E-state index is 0.0273. The second kappa shape index (κ2) is 8.98. The molecule has 1 unspecified atom stereocenters. The Labute approximate surface area is 159 Å². The minimum atomic E-state index is -0.159. The lowest BCUT2D eigenvalue weighted by Gasteiger charge is -2.21. The van der Waals surface area contributed by atoms with Crippen molar-refractivity contribution in [2.45, 2.75) is 26.4 Å². The molecular weight excluding hydrogens is 340 g/mol. The highest BCUT2D eigenvalue weighted by Gasteiger charge is 2.18. The van der Waals surface area contributed by atoms with Crippen molar-refractivity contribution in [3.8, 4) is 16.9 Å². The number of amides is 1. The number of rotatable bonds is 8. The summed E-state index contributed by atoms with van der Waals surface area (Å²) in [6.45, 7) is 4.61. The molecule has 3 rings (SSSR count).